The van der Waals surface area contributed by atoms with Gasteiger partial charge in [0.05, 0.1) is 28.8 Å². The Kier molecular flexibility index (Phi) is 8.15. The smallest absolute Gasteiger partial charge is 0.326 e. The first-order valence-corrected chi connectivity index (χ1v) is 15.5. The molecule has 4 heterocycles. The molecule has 0 saturated carbocycles. The van der Waals surface area contributed by atoms with Crippen molar-refractivity contribution >= 4 is 35.3 Å². The summed E-state index contributed by atoms with van der Waals surface area (Å²) in [6, 6.07) is 14.8. The summed E-state index contributed by atoms with van der Waals surface area (Å²) in [6.45, 7) is 5.27. The van der Waals surface area contributed by atoms with E-state index >= 15 is 0 Å². The maximum Gasteiger partial charge on any atom is 0.326 e. The molecule has 0 aromatic heterocycles. The normalized spacial score (nSPS) is 25.9. The van der Waals surface area contributed by atoms with Crippen LogP contribution >= 0.6 is 11.8 Å². The zero-order valence-electron chi connectivity index (χ0n) is 23.8. The molecule has 0 radical (unpaired) electrons. The van der Waals surface area contributed by atoms with Crippen molar-refractivity contribution < 1.29 is 24.2 Å². The summed E-state index contributed by atoms with van der Waals surface area (Å²) >= 11 is 1.47. The molecule has 42 heavy (non-hydrogen) atoms. The number of aryl methyl sites for hydroxylation is 1. The fraction of sp³-hybridized carbons (Fsp3) is 0.452. The lowest BCUT2D eigenvalue weighted by Crippen LogP contribution is -2.62. The molecule has 3 saturated heterocycles. The second-order valence-corrected chi connectivity index (χ2v) is 12.6. The molecule has 0 spiro atoms. The van der Waals surface area contributed by atoms with E-state index in [9.17, 15) is 19.5 Å². The van der Waals surface area contributed by atoms with Gasteiger partial charge in [0, 0.05) is 36.4 Å². The molecule has 3 unspecified atom stereocenters. The van der Waals surface area contributed by atoms with Gasteiger partial charge in [-0.15, -0.1) is 0 Å². The van der Waals surface area contributed by atoms with E-state index in [-0.39, 0.29) is 47.8 Å². The third-order valence-electron chi connectivity index (χ3n) is 8.52. The van der Waals surface area contributed by atoms with Gasteiger partial charge in [0.1, 0.15) is 11.5 Å². The van der Waals surface area contributed by atoms with E-state index in [1.54, 1.807) is 11.8 Å². The van der Waals surface area contributed by atoms with Crippen molar-refractivity contribution in [2.24, 2.45) is 11.8 Å². The van der Waals surface area contributed by atoms with Gasteiger partial charge in [0.2, 0.25) is 5.91 Å². The van der Waals surface area contributed by atoms with E-state index in [2.05, 4.69) is 16.0 Å². The number of anilines is 1. The number of hydrogen-bond donors (Lipinski definition) is 4. The number of para-hydroxylation sites is 1. The third-order valence-corrected chi connectivity index (χ3v) is 9.87. The minimum absolute atomic E-state index is 0.0292. The molecular formula is C31H37N5O5S. The number of nitrogens with zero attached hydrogens (tertiary/aromatic N) is 2. The monoisotopic (exact) mass is 591 g/mol. The molecule has 0 bridgehead atoms. The van der Waals surface area contributed by atoms with Crippen molar-refractivity contribution in [2.75, 3.05) is 31.1 Å². The first-order chi connectivity index (χ1) is 20.3. The Morgan fingerprint density at radius 1 is 1.17 bits per heavy atom. The maximum absolute atomic E-state index is 13.7. The Morgan fingerprint density at radius 2 is 1.98 bits per heavy atom. The van der Waals surface area contributed by atoms with Gasteiger partial charge < -0.3 is 30.7 Å². The third kappa shape index (κ3) is 5.48. The molecule has 4 aliphatic rings. The summed E-state index contributed by atoms with van der Waals surface area (Å²) in [6.07, 6.45) is 2.31. The molecule has 3 fully saturated rings. The highest BCUT2D eigenvalue weighted by molar-refractivity contribution is 8.04. The van der Waals surface area contributed by atoms with Crippen LogP contribution in [0, 0.1) is 18.8 Å². The number of likely N-dealkylation sites (tertiary alicyclic amines) is 1. The zero-order chi connectivity index (χ0) is 29.4. The van der Waals surface area contributed by atoms with Gasteiger partial charge in [0.25, 0.3) is 5.91 Å². The number of benzene rings is 2. The predicted octanol–water partition coefficient (Wildman–Crippen LogP) is 3.32. The minimum atomic E-state index is -0.461. The van der Waals surface area contributed by atoms with Gasteiger partial charge in [-0.3, -0.25) is 14.5 Å². The number of hydrogen-bond acceptors (Lipinski definition) is 7. The Labute approximate surface area is 249 Å². The molecule has 10 nitrogen and oxygen atoms in total. The summed E-state index contributed by atoms with van der Waals surface area (Å²) in [5, 5.41) is 19.1. The molecule has 222 valence electrons. The number of thioether (sulfide) groups is 1. The average Bonchev–Trinajstić information content (AvgIpc) is 3.37. The number of rotatable bonds is 7. The molecule has 5 atom stereocenters. The van der Waals surface area contributed by atoms with Crippen LogP contribution in [-0.4, -0.2) is 71.6 Å². The Morgan fingerprint density at radius 3 is 2.74 bits per heavy atom. The largest absolute Gasteiger partial charge is 0.457 e. The fourth-order valence-corrected chi connectivity index (χ4v) is 7.82. The number of urea groups is 1. The summed E-state index contributed by atoms with van der Waals surface area (Å²) in [7, 11) is 0. The molecule has 4 aliphatic heterocycles. The topological polar surface area (TPSA) is 123 Å². The molecule has 2 aromatic carbocycles. The van der Waals surface area contributed by atoms with Crippen LogP contribution in [0.4, 0.5) is 10.5 Å². The molecule has 6 rings (SSSR count). The van der Waals surface area contributed by atoms with Crippen LogP contribution in [0.2, 0.25) is 0 Å². The Balaban J connectivity index is 1.19. The van der Waals surface area contributed by atoms with Crippen LogP contribution in [0.5, 0.6) is 11.5 Å². The molecule has 4 N–H and O–H groups in total. The lowest BCUT2D eigenvalue weighted by molar-refractivity contribution is -0.138. The van der Waals surface area contributed by atoms with Crippen molar-refractivity contribution in [1.29, 1.82) is 0 Å². The van der Waals surface area contributed by atoms with Crippen molar-refractivity contribution in [2.45, 2.75) is 50.6 Å². The lowest BCUT2D eigenvalue weighted by atomic mass is 9.86. The van der Waals surface area contributed by atoms with Crippen LogP contribution in [-0.2, 0) is 9.59 Å². The second-order valence-electron chi connectivity index (χ2n) is 11.5. The fourth-order valence-electron chi connectivity index (χ4n) is 6.42. The molecule has 2 aromatic rings. The lowest BCUT2D eigenvalue weighted by Gasteiger charge is -2.46. The number of amides is 4. The number of ether oxygens (including phenoxy) is 1. The van der Waals surface area contributed by atoms with Gasteiger partial charge in [-0.1, -0.05) is 36.9 Å². The SMILES string of the molecule is Cc1cc(Oc2ccccc2)ccc1N1C(=O)NC2=C(C(=O)N[C@@H]3CCCN(C(=O)[C@H](C)CO)C3)SC3NCCC1C23. The summed E-state index contributed by atoms with van der Waals surface area (Å²) in [4.78, 5) is 44.0. The summed E-state index contributed by atoms with van der Waals surface area (Å²) < 4.78 is 6.00. The number of carbonyl (C=O) groups excluding carboxylic acids is 3. The van der Waals surface area contributed by atoms with E-state index in [4.69, 9.17) is 4.74 Å². The van der Waals surface area contributed by atoms with Crippen molar-refractivity contribution in [3.05, 3.63) is 64.7 Å². The molecular weight excluding hydrogens is 554 g/mol. The van der Waals surface area contributed by atoms with Crippen LogP contribution in [0.25, 0.3) is 0 Å². The van der Waals surface area contributed by atoms with E-state index in [1.807, 2.05) is 60.4 Å². The first kappa shape index (κ1) is 28.6. The van der Waals surface area contributed by atoms with E-state index < -0.39 is 5.92 Å². The Hall–Kier alpha value is -3.54. The van der Waals surface area contributed by atoms with Crippen LogP contribution in [0.3, 0.4) is 0 Å². The van der Waals surface area contributed by atoms with Crippen LogP contribution in [0.15, 0.2) is 59.1 Å². The van der Waals surface area contributed by atoms with Gasteiger partial charge in [0.15, 0.2) is 0 Å². The Bertz CT molecular complexity index is 1400. The van der Waals surface area contributed by atoms with Gasteiger partial charge in [-0.25, -0.2) is 4.79 Å². The number of piperidine rings is 2. The van der Waals surface area contributed by atoms with E-state index in [0.717, 1.165) is 42.8 Å². The van der Waals surface area contributed by atoms with Crippen LogP contribution in [0.1, 0.15) is 31.7 Å². The number of carbonyl (C=O) groups is 3. The van der Waals surface area contributed by atoms with Gasteiger partial charge in [-0.05, 0) is 68.6 Å². The molecule has 11 heteroatoms. The molecule has 4 amide bonds. The number of aliphatic hydroxyl groups is 1. The van der Waals surface area contributed by atoms with Gasteiger partial charge >= 0.3 is 6.03 Å². The quantitative estimate of drug-likeness (QED) is 0.390. The summed E-state index contributed by atoms with van der Waals surface area (Å²) in [5.41, 5.74) is 2.43. The number of nitrogens with one attached hydrogen (secondary N) is 3. The number of aliphatic hydroxyl groups excluding tert-OH is 1. The maximum atomic E-state index is 13.7. The van der Waals surface area contributed by atoms with Crippen molar-refractivity contribution in [3.63, 3.8) is 0 Å². The highest BCUT2D eigenvalue weighted by Gasteiger charge is 2.52. The van der Waals surface area contributed by atoms with Crippen molar-refractivity contribution in [3.8, 4) is 11.5 Å². The van der Waals surface area contributed by atoms with E-state index in [0.29, 0.717) is 29.4 Å². The highest BCUT2D eigenvalue weighted by Crippen LogP contribution is 2.48. The minimum Gasteiger partial charge on any atom is -0.457 e. The van der Waals surface area contributed by atoms with Crippen LogP contribution < -0.4 is 25.6 Å². The first-order valence-electron chi connectivity index (χ1n) is 14.6. The zero-order valence-corrected chi connectivity index (χ0v) is 24.7. The summed E-state index contributed by atoms with van der Waals surface area (Å²) in [5.74, 6) is 0.618. The second kappa shape index (κ2) is 12.0. The van der Waals surface area contributed by atoms with Crippen molar-refractivity contribution in [1.82, 2.24) is 20.9 Å². The van der Waals surface area contributed by atoms with Gasteiger partial charge in [-0.2, -0.15) is 0 Å². The standard InChI is InChI=1S/C31H37N5O5S/c1-18-15-22(41-21-8-4-3-5-9-21)10-11-23(18)36-24-12-13-32-29-25(24)26(34-31(36)40)27(42-29)28(38)33-20-7-6-14-35(16-20)30(39)19(2)17-37/h3-5,8-11,15,19-20,24-25,29,32,37H,6-7,12-14,16-17H2,1-2H3,(H,33,38)(H,34,40)/t19-,20-,24?,25?,29?/m1/s1. The molecule has 0 aliphatic carbocycles. The average molecular weight is 592 g/mol. The predicted molar refractivity (Wildman–Crippen MR) is 161 cm³/mol. The van der Waals surface area contributed by atoms with E-state index in [1.165, 1.54) is 11.8 Å². The highest BCUT2D eigenvalue weighted by atomic mass is 32.2.